The molecule has 4 heteroatoms. The van der Waals surface area contributed by atoms with Crippen molar-refractivity contribution in [3.8, 4) is 0 Å². The van der Waals surface area contributed by atoms with Crippen molar-refractivity contribution < 1.29 is 4.74 Å². The van der Waals surface area contributed by atoms with Crippen molar-refractivity contribution in [1.82, 2.24) is 10.6 Å². The number of benzene rings is 1. The number of halogens is 1. The van der Waals surface area contributed by atoms with Gasteiger partial charge in [-0.15, -0.1) is 0 Å². The highest BCUT2D eigenvalue weighted by Gasteiger charge is 2.46. The lowest BCUT2D eigenvalue weighted by molar-refractivity contribution is 0.0524. The molecule has 2 saturated carbocycles. The van der Waals surface area contributed by atoms with Crippen LogP contribution in [0.4, 0.5) is 0 Å². The Kier molecular flexibility index (Phi) is 4.77. The molecule has 2 N–H and O–H groups in total. The molecule has 2 aliphatic carbocycles. The summed E-state index contributed by atoms with van der Waals surface area (Å²) in [5, 5.41) is 7.61. The van der Waals surface area contributed by atoms with Gasteiger partial charge in [0, 0.05) is 35.1 Å². The van der Waals surface area contributed by atoms with E-state index in [0.717, 1.165) is 32.2 Å². The van der Waals surface area contributed by atoms with Crippen LogP contribution >= 0.6 is 15.9 Å². The first-order chi connectivity index (χ1) is 11.3. The Morgan fingerprint density at radius 2 is 2.13 bits per heavy atom. The lowest BCUT2D eigenvalue weighted by Crippen LogP contribution is -2.51. The quantitative estimate of drug-likeness (QED) is 0.824. The maximum Gasteiger partial charge on any atom is 0.0623 e. The average Bonchev–Trinajstić information content (AvgIpc) is 3.23. The van der Waals surface area contributed by atoms with Crippen LogP contribution in [0.5, 0.6) is 0 Å². The third-order valence-electron chi connectivity index (χ3n) is 6.04. The Morgan fingerprint density at radius 3 is 2.87 bits per heavy atom. The van der Waals surface area contributed by atoms with Crippen LogP contribution in [-0.2, 0) is 10.2 Å². The van der Waals surface area contributed by atoms with E-state index in [2.05, 4.69) is 50.8 Å². The molecule has 1 heterocycles. The van der Waals surface area contributed by atoms with Crippen molar-refractivity contribution in [1.29, 1.82) is 0 Å². The van der Waals surface area contributed by atoms with E-state index >= 15 is 0 Å². The van der Waals surface area contributed by atoms with Gasteiger partial charge in [0.05, 0.1) is 13.2 Å². The molecule has 1 aliphatic heterocycles. The Morgan fingerprint density at radius 1 is 1.26 bits per heavy atom. The summed E-state index contributed by atoms with van der Waals surface area (Å²) in [5.74, 6) is 0.727. The summed E-state index contributed by atoms with van der Waals surface area (Å²) in [6, 6.07) is 9.94. The second-order valence-corrected chi connectivity index (χ2v) is 8.33. The predicted octanol–water partition coefficient (Wildman–Crippen LogP) is 3.23. The summed E-state index contributed by atoms with van der Waals surface area (Å²) in [6.45, 7) is 3.88. The zero-order chi connectivity index (χ0) is 15.7. The van der Waals surface area contributed by atoms with Gasteiger partial charge in [-0.05, 0) is 43.2 Å². The summed E-state index contributed by atoms with van der Waals surface area (Å²) in [6.07, 6.45) is 6.62. The van der Waals surface area contributed by atoms with Crippen molar-refractivity contribution in [2.24, 2.45) is 5.92 Å². The fourth-order valence-electron chi connectivity index (χ4n) is 4.49. The van der Waals surface area contributed by atoms with Crippen LogP contribution in [0.3, 0.4) is 0 Å². The van der Waals surface area contributed by atoms with E-state index in [4.69, 9.17) is 4.74 Å². The molecule has 3 fully saturated rings. The third kappa shape index (κ3) is 3.37. The number of hydrogen-bond acceptors (Lipinski definition) is 3. The van der Waals surface area contributed by atoms with Crippen molar-refractivity contribution in [2.75, 3.05) is 26.3 Å². The van der Waals surface area contributed by atoms with E-state index in [1.807, 2.05) is 0 Å². The molecule has 0 radical (unpaired) electrons. The van der Waals surface area contributed by atoms with Gasteiger partial charge in [0.2, 0.25) is 0 Å². The van der Waals surface area contributed by atoms with Gasteiger partial charge in [-0.1, -0.05) is 40.5 Å². The van der Waals surface area contributed by atoms with Gasteiger partial charge in [0.1, 0.15) is 0 Å². The summed E-state index contributed by atoms with van der Waals surface area (Å²) < 4.78 is 6.96. The minimum absolute atomic E-state index is 0.365. The first kappa shape index (κ1) is 16.1. The minimum atomic E-state index is 0.365. The fourth-order valence-corrected chi connectivity index (χ4v) is 5.20. The number of ether oxygens (including phenoxy) is 1. The van der Waals surface area contributed by atoms with Gasteiger partial charge >= 0.3 is 0 Å². The summed E-state index contributed by atoms with van der Waals surface area (Å²) in [7, 11) is 0. The van der Waals surface area contributed by atoms with Gasteiger partial charge in [-0.2, -0.15) is 0 Å². The molecule has 4 rings (SSSR count). The van der Waals surface area contributed by atoms with E-state index in [1.165, 1.54) is 42.1 Å². The molecular weight excluding hydrogens is 352 g/mol. The van der Waals surface area contributed by atoms with Gasteiger partial charge in [-0.25, -0.2) is 0 Å². The highest BCUT2D eigenvalue weighted by Crippen LogP contribution is 2.50. The van der Waals surface area contributed by atoms with E-state index in [9.17, 15) is 0 Å². The molecule has 3 unspecified atom stereocenters. The second kappa shape index (κ2) is 6.83. The SMILES string of the molecule is Brc1ccccc1C1(CNC2CCCC2C2COCCN2)CC1. The smallest absolute Gasteiger partial charge is 0.0623 e. The van der Waals surface area contributed by atoms with E-state index in [-0.39, 0.29) is 0 Å². The lowest BCUT2D eigenvalue weighted by atomic mass is 9.91. The molecule has 0 bridgehead atoms. The molecule has 1 aromatic rings. The molecule has 1 saturated heterocycles. The first-order valence-corrected chi connectivity index (χ1v) is 9.87. The summed E-state index contributed by atoms with van der Waals surface area (Å²) >= 11 is 3.75. The molecule has 3 aliphatic rings. The van der Waals surface area contributed by atoms with Gasteiger partial charge < -0.3 is 15.4 Å². The third-order valence-corrected chi connectivity index (χ3v) is 6.73. The van der Waals surface area contributed by atoms with Crippen LogP contribution in [0.15, 0.2) is 28.7 Å². The van der Waals surface area contributed by atoms with Crippen molar-refractivity contribution in [2.45, 2.75) is 49.6 Å². The largest absolute Gasteiger partial charge is 0.379 e. The molecular formula is C19H27BrN2O. The maximum absolute atomic E-state index is 5.69. The van der Waals surface area contributed by atoms with Crippen molar-refractivity contribution in [3.05, 3.63) is 34.3 Å². The van der Waals surface area contributed by atoms with Crippen LogP contribution in [0.1, 0.15) is 37.7 Å². The highest BCUT2D eigenvalue weighted by atomic mass is 79.9. The standard InChI is InChI=1S/C19H27BrN2O/c20-16-6-2-1-5-15(16)19(8-9-19)13-22-17-7-3-4-14(17)18-12-23-11-10-21-18/h1-2,5-6,14,17-18,21-22H,3-4,7-13H2. The number of morpholine rings is 1. The molecule has 0 spiro atoms. The Labute approximate surface area is 147 Å². The van der Waals surface area contributed by atoms with Crippen LogP contribution < -0.4 is 10.6 Å². The fraction of sp³-hybridized carbons (Fsp3) is 0.684. The Bertz CT molecular complexity index is 540. The Balaban J connectivity index is 1.39. The molecule has 0 amide bonds. The topological polar surface area (TPSA) is 33.3 Å². The van der Waals surface area contributed by atoms with Crippen LogP contribution in [-0.4, -0.2) is 38.4 Å². The molecule has 3 nitrogen and oxygen atoms in total. The van der Waals surface area contributed by atoms with Crippen LogP contribution in [0.25, 0.3) is 0 Å². The monoisotopic (exact) mass is 378 g/mol. The normalized spacial score (nSPS) is 32.8. The first-order valence-electron chi connectivity index (χ1n) is 9.08. The molecule has 0 aromatic heterocycles. The number of hydrogen-bond donors (Lipinski definition) is 2. The Hall–Kier alpha value is -0.420. The highest BCUT2D eigenvalue weighted by molar-refractivity contribution is 9.10. The maximum atomic E-state index is 5.69. The average molecular weight is 379 g/mol. The van der Waals surface area contributed by atoms with E-state index in [1.54, 1.807) is 0 Å². The zero-order valence-corrected chi connectivity index (χ0v) is 15.3. The van der Waals surface area contributed by atoms with Gasteiger partial charge in [-0.3, -0.25) is 0 Å². The molecule has 23 heavy (non-hydrogen) atoms. The van der Waals surface area contributed by atoms with Crippen LogP contribution in [0, 0.1) is 5.92 Å². The van der Waals surface area contributed by atoms with E-state index in [0.29, 0.717) is 17.5 Å². The lowest BCUT2D eigenvalue weighted by Gasteiger charge is -2.33. The molecule has 126 valence electrons. The number of nitrogens with one attached hydrogen (secondary N) is 2. The molecule has 3 atom stereocenters. The zero-order valence-electron chi connectivity index (χ0n) is 13.7. The second-order valence-electron chi connectivity index (χ2n) is 7.48. The predicted molar refractivity (Wildman–Crippen MR) is 96.8 cm³/mol. The van der Waals surface area contributed by atoms with E-state index < -0.39 is 0 Å². The van der Waals surface area contributed by atoms with Gasteiger partial charge in [0.25, 0.3) is 0 Å². The van der Waals surface area contributed by atoms with Crippen LogP contribution in [0.2, 0.25) is 0 Å². The molecule has 1 aromatic carbocycles. The van der Waals surface area contributed by atoms with Crippen molar-refractivity contribution >= 4 is 15.9 Å². The summed E-state index contributed by atoms with van der Waals surface area (Å²) in [4.78, 5) is 0. The minimum Gasteiger partial charge on any atom is -0.379 e. The number of rotatable bonds is 5. The summed E-state index contributed by atoms with van der Waals surface area (Å²) in [5.41, 5.74) is 1.85. The van der Waals surface area contributed by atoms with Gasteiger partial charge in [0.15, 0.2) is 0 Å². The van der Waals surface area contributed by atoms with Crippen molar-refractivity contribution in [3.63, 3.8) is 0 Å².